The number of thioether (sulfide) groups is 1. The van der Waals surface area contributed by atoms with Crippen molar-refractivity contribution in [1.29, 1.82) is 0 Å². The average molecular weight is 497 g/mol. The second kappa shape index (κ2) is 11.0. The van der Waals surface area contributed by atoms with Gasteiger partial charge in [0.15, 0.2) is 10.9 Å². The van der Waals surface area contributed by atoms with Crippen molar-refractivity contribution in [3.05, 3.63) is 114 Å². The number of nitrogens with zero attached hydrogens (tertiary/aromatic N) is 3. The molecule has 0 fully saturated rings. The third kappa shape index (κ3) is 5.34. The summed E-state index contributed by atoms with van der Waals surface area (Å²) in [5.41, 5.74) is 2.60. The summed E-state index contributed by atoms with van der Waals surface area (Å²) in [6.07, 6.45) is 1.61. The van der Waals surface area contributed by atoms with Crippen LogP contribution in [0.3, 0.4) is 0 Å². The lowest BCUT2D eigenvalue weighted by atomic mass is 10.1. The van der Waals surface area contributed by atoms with E-state index in [9.17, 15) is 4.79 Å². The van der Waals surface area contributed by atoms with Gasteiger partial charge in [0.25, 0.3) is 0 Å². The fourth-order valence-corrected chi connectivity index (χ4v) is 4.82. The molecule has 0 saturated carbocycles. The van der Waals surface area contributed by atoms with Crippen molar-refractivity contribution >= 4 is 23.4 Å². The highest BCUT2D eigenvalue weighted by atomic mass is 32.2. The van der Waals surface area contributed by atoms with Gasteiger partial charge in [-0.05, 0) is 35.4 Å². The Labute approximate surface area is 213 Å². The van der Waals surface area contributed by atoms with Crippen molar-refractivity contribution in [1.82, 2.24) is 14.8 Å². The molecule has 5 aromatic rings. The highest BCUT2D eigenvalue weighted by Crippen LogP contribution is 2.37. The Balaban J connectivity index is 1.50. The van der Waals surface area contributed by atoms with Crippen LogP contribution >= 0.6 is 11.8 Å². The molecule has 8 heteroatoms. The number of aromatic nitrogens is 3. The zero-order valence-corrected chi connectivity index (χ0v) is 20.4. The first-order valence-corrected chi connectivity index (χ1v) is 12.3. The maximum atomic E-state index is 13.6. The molecular formula is C28H24N4O3S. The second-order valence-electron chi connectivity index (χ2n) is 7.99. The summed E-state index contributed by atoms with van der Waals surface area (Å²) in [6, 6.07) is 30.7. The van der Waals surface area contributed by atoms with Gasteiger partial charge in [0.05, 0.1) is 19.9 Å². The summed E-state index contributed by atoms with van der Waals surface area (Å²) in [6.45, 7) is 0.533. The van der Waals surface area contributed by atoms with Gasteiger partial charge in [0.2, 0.25) is 11.7 Å². The molecule has 3 aromatic carbocycles. The number of methoxy groups -OCH3 is 1. The van der Waals surface area contributed by atoms with Crippen LogP contribution in [0.1, 0.15) is 16.4 Å². The van der Waals surface area contributed by atoms with E-state index in [1.807, 2.05) is 95.6 Å². The molecule has 5 rings (SSSR count). The number of carbonyl (C=O) groups is 1. The molecule has 2 heterocycles. The van der Waals surface area contributed by atoms with E-state index < -0.39 is 5.25 Å². The molecule has 0 aliphatic carbocycles. The number of hydrogen-bond acceptors (Lipinski definition) is 6. The molecule has 180 valence electrons. The van der Waals surface area contributed by atoms with Crippen molar-refractivity contribution in [2.75, 3.05) is 12.4 Å². The number of nitrogens with one attached hydrogen (secondary N) is 1. The van der Waals surface area contributed by atoms with Gasteiger partial charge in [-0.1, -0.05) is 78.5 Å². The molecule has 0 spiro atoms. The van der Waals surface area contributed by atoms with E-state index in [1.54, 1.807) is 19.4 Å². The van der Waals surface area contributed by atoms with Crippen LogP contribution in [0, 0.1) is 0 Å². The minimum Gasteiger partial charge on any atom is -0.497 e. The van der Waals surface area contributed by atoms with Crippen molar-refractivity contribution < 1.29 is 13.9 Å². The van der Waals surface area contributed by atoms with Gasteiger partial charge in [-0.2, -0.15) is 0 Å². The first-order valence-electron chi connectivity index (χ1n) is 11.4. The minimum atomic E-state index is -0.569. The third-order valence-electron chi connectivity index (χ3n) is 5.54. The summed E-state index contributed by atoms with van der Waals surface area (Å²) in [5.74, 6) is 1.71. The molecule has 1 amide bonds. The van der Waals surface area contributed by atoms with Crippen LogP contribution in [0.5, 0.6) is 5.75 Å². The minimum absolute atomic E-state index is 0.173. The van der Waals surface area contributed by atoms with Gasteiger partial charge in [0.1, 0.15) is 11.0 Å². The zero-order chi connectivity index (χ0) is 24.7. The first-order chi connectivity index (χ1) is 17.7. The largest absolute Gasteiger partial charge is 0.497 e. The number of amides is 1. The van der Waals surface area contributed by atoms with Crippen LogP contribution in [0.4, 0.5) is 5.69 Å². The van der Waals surface area contributed by atoms with Crippen LogP contribution in [-0.2, 0) is 11.3 Å². The van der Waals surface area contributed by atoms with Gasteiger partial charge >= 0.3 is 0 Å². The monoisotopic (exact) mass is 496 g/mol. The first kappa shape index (κ1) is 23.4. The standard InChI is InChI=1S/C28H24N4O3S/c1-34-23-15-8-14-22(18-23)29-27(33)25(21-12-6-3-7-13-21)36-28-31-30-26(24-16-9-17-35-24)32(28)19-20-10-4-2-5-11-20/h2-18,25H,19H2,1H3,(H,29,33). The van der Waals surface area contributed by atoms with Gasteiger partial charge < -0.3 is 14.5 Å². The smallest absolute Gasteiger partial charge is 0.242 e. The third-order valence-corrected chi connectivity index (χ3v) is 6.78. The number of hydrogen-bond donors (Lipinski definition) is 1. The Morgan fingerprint density at radius 2 is 1.75 bits per heavy atom. The predicted octanol–water partition coefficient (Wildman–Crippen LogP) is 6.07. The summed E-state index contributed by atoms with van der Waals surface area (Å²) >= 11 is 1.35. The van der Waals surface area contributed by atoms with Gasteiger partial charge in [0, 0.05) is 11.8 Å². The summed E-state index contributed by atoms with van der Waals surface area (Å²) in [5, 5.41) is 11.9. The zero-order valence-electron chi connectivity index (χ0n) is 19.6. The number of furan rings is 1. The van der Waals surface area contributed by atoms with E-state index in [0.29, 0.717) is 34.7 Å². The Hall–Kier alpha value is -4.30. The van der Waals surface area contributed by atoms with Crippen LogP contribution in [0.25, 0.3) is 11.6 Å². The number of carbonyl (C=O) groups excluding carboxylic acids is 1. The number of anilines is 1. The molecule has 0 saturated heterocycles. The molecule has 0 aliphatic rings. The van der Waals surface area contributed by atoms with E-state index in [2.05, 4.69) is 15.5 Å². The lowest BCUT2D eigenvalue weighted by molar-refractivity contribution is -0.115. The Morgan fingerprint density at radius 3 is 2.47 bits per heavy atom. The Morgan fingerprint density at radius 1 is 0.972 bits per heavy atom. The fourth-order valence-electron chi connectivity index (χ4n) is 3.79. The molecule has 1 atom stereocenters. The normalized spacial score (nSPS) is 11.7. The van der Waals surface area contributed by atoms with Gasteiger partial charge in [-0.15, -0.1) is 10.2 Å². The quantitative estimate of drug-likeness (QED) is 0.250. The van der Waals surface area contributed by atoms with Gasteiger partial charge in [-0.25, -0.2) is 0 Å². The highest BCUT2D eigenvalue weighted by molar-refractivity contribution is 8.00. The maximum Gasteiger partial charge on any atom is 0.242 e. The van der Waals surface area contributed by atoms with Crippen LogP contribution in [0.2, 0.25) is 0 Å². The molecule has 7 nitrogen and oxygen atoms in total. The van der Waals surface area contributed by atoms with E-state index in [4.69, 9.17) is 9.15 Å². The molecule has 36 heavy (non-hydrogen) atoms. The van der Waals surface area contributed by atoms with Crippen LogP contribution in [-0.4, -0.2) is 27.8 Å². The Bertz CT molecular complexity index is 1420. The second-order valence-corrected chi connectivity index (χ2v) is 9.06. The molecular weight excluding hydrogens is 472 g/mol. The van der Waals surface area contributed by atoms with E-state index in [0.717, 1.165) is 11.1 Å². The van der Waals surface area contributed by atoms with Crippen molar-refractivity contribution in [2.45, 2.75) is 17.0 Å². The lowest BCUT2D eigenvalue weighted by Crippen LogP contribution is -2.19. The lowest BCUT2D eigenvalue weighted by Gasteiger charge is -2.18. The summed E-state index contributed by atoms with van der Waals surface area (Å²) < 4.78 is 12.9. The molecule has 1 unspecified atom stereocenters. The van der Waals surface area contributed by atoms with Crippen LogP contribution in [0.15, 0.2) is 113 Å². The van der Waals surface area contributed by atoms with E-state index in [1.165, 1.54) is 11.8 Å². The fraction of sp³-hybridized carbons (Fsp3) is 0.107. The highest BCUT2D eigenvalue weighted by Gasteiger charge is 2.27. The van der Waals surface area contributed by atoms with E-state index in [-0.39, 0.29) is 5.91 Å². The molecule has 2 aromatic heterocycles. The molecule has 0 bridgehead atoms. The average Bonchev–Trinajstić information content (AvgIpc) is 3.59. The molecule has 1 N–H and O–H groups in total. The van der Waals surface area contributed by atoms with Crippen molar-refractivity contribution in [2.24, 2.45) is 0 Å². The van der Waals surface area contributed by atoms with Crippen molar-refractivity contribution in [3.8, 4) is 17.3 Å². The van der Waals surface area contributed by atoms with Gasteiger partial charge in [-0.3, -0.25) is 9.36 Å². The van der Waals surface area contributed by atoms with E-state index >= 15 is 0 Å². The van der Waals surface area contributed by atoms with Crippen LogP contribution < -0.4 is 10.1 Å². The molecule has 0 radical (unpaired) electrons. The topological polar surface area (TPSA) is 82.2 Å². The molecule has 0 aliphatic heterocycles. The number of ether oxygens (including phenoxy) is 1. The summed E-state index contributed by atoms with van der Waals surface area (Å²) in [7, 11) is 1.60. The summed E-state index contributed by atoms with van der Waals surface area (Å²) in [4.78, 5) is 13.6. The maximum absolute atomic E-state index is 13.6. The number of rotatable bonds is 9. The predicted molar refractivity (Wildman–Crippen MR) is 140 cm³/mol. The SMILES string of the molecule is COc1cccc(NC(=O)C(Sc2nnc(-c3ccco3)n2Cc2ccccc2)c2ccccc2)c1. The number of benzene rings is 3. The Kier molecular flexibility index (Phi) is 7.14. The van der Waals surface area contributed by atoms with Crippen molar-refractivity contribution in [3.63, 3.8) is 0 Å².